The fourth-order valence-corrected chi connectivity index (χ4v) is 3.74. The van der Waals surface area contributed by atoms with Gasteiger partial charge in [-0.05, 0) is 43.7 Å². The summed E-state index contributed by atoms with van der Waals surface area (Å²) in [6.07, 6.45) is 1.71. The second kappa shape index (κ2) is 8.31. The van der Waals surface area contributed by atoms with Crippen LogP contribution >= 0.6 is 0 Å². The minimum atomic E-state index is -0.621. The monoisotopic (exact) mass is 421 g/mol. The van der Waals surface area contributed by atoms with Crippen LogP contribution in [0.15, 0.2) is 60.8 Å². The Bertz CT molecular complexity index is 1070. The number of carbonyl (C=O) groups is 1. The number of nitrogens with one attached hydrogen (secondary N) is 2. The Labute approximate surface area is 180 Å². The van der Waals surface area contributed by atoms with Gasteiger partial charge in [0.25, 0.3) is 0 Å². The number of aromatic nitrogens is 2. The van der Waals surface area contributed by atoms with E-state index in [1.165, 1.54) is 12.1 Å². The fourth-order valence-electron chi connectivity index (χ4n) is 3.74. The van der Waals surface area contributed by atoms with Gasteiger partial charge in [-0.15, -0.1) is 0 Å². The highest BCUT2D eigenvalue weighted by Crippen LogP contribution is 2.38. The van der Waals surface area contributed by atoms with Gasteiger partial charge in [0.1, 0.15) is 5.82 Å². The average Bonchev–Trinajstić information content (AvgIpc) is 3.04. The van der Waals surface area contributed by atoms with E-state index in [0.29, 0.717) is 18.2 Å². The first-order valence-electron chi connectivity index (χ1n) is 10.0. The summed E-state index contributed by atoms with van der Waals surface area (Å²) >= 11 is 0. The van der Waals surface area contributed by atoms with Gasteiger partial charge in [-0.25, -0.2) is 19.2 Å². The minimum Gasteiger partial charge on any atom is -0.394 e. The van der Waals surface area contributed by atoms with Crippen LogP contribution in [0.1, 0.15) is 36.7 Å². The van der Waals surface area contributed by atoms with E-state index in [-0.39, 0.29) is 18.5 Å². The molecule has 0 saturated heterocycles. The third-order valence-electron chi connectivity index (χ3n) is 5.54. The lowest BCUT2D eigenvalue weighted by molar-refractivity contribution is 0.136. The predicted molar refractivity (Wildman–Crippen MR) is 115 cm³/mol. The normalized spacial score (nSPS) is 15.3. The molecule has 0 bridgehead atoms. The van der Waals surface area contributed by atoms with Crippen molar-refractivity contribution in [1.29, 1.82) is 0 Å². The molecule has 1 aromatic heterocycles. The molecule has 2 aromatic carbocycles. The molecule has 160 valence electrons. The number of amides is 2. The zero-order chi connectivity index (χ0) is 22.0. The molecule has 0 spiro atoms. The molecule has 3 aromatic rings. The van der Waals surface area contributed by atoms with Crippen LogP contribution in [0.25, 0.3) is 0 Å². The quantitative estimate of drug-likeness (QED) is 0.582. The van der Waals surface area contributed by atoms with Gasteiger partial charge in [0.15, 0.2) is 0 Å². The van der Waals surface area contributed by atoms with Gasteiger partial charge in [0, 0.05) is 17.4 Å². The van der Waals surface area contributed by atoms with Crippen LogP contribution in [0.5, 0.6) is 0 Å². The Morgan fingerprint density at radius 3 is 2.58 bits per heavy atom. The van der Waals surface area contributed by atoms with Crippen molar-refractivity contribution >= 4 is 17.7 Å². The highest BCUT2D eigenvalue weighted by molar-refractivity contribution is 5.77. The molecular formula is C23H24FN5O2. The number of rotatable bonds is 5. The highest BCUT2D eigenvalue weighted by Gasteiger charge is 2.42. The predicted octanol–water partition coefficient (Wildman–Crippen LogP) is 3.85. The summed E-state index contributed by atoms with van der Waals surface area (Å²) in [5.74, 6) is 0.0569. The first kappa shape index (κ1) is 20.7. The Kier molecular flexibility index (Phi) is 5.56. The van der Waals surface area contributed by atoms with E-state index < -0.39 is 11.6 Å². The van der Waals surface area contributed by atoms with Crippen molar-refractivity contribution in [3.63, 3.8) is 0 Å². The lowest BCUT2D eigenvalue weighted by atomic mass is 9.97. The summed E-state index contributed by atoms with van der Waals surface area (Å²) in [6.45, 7) is 3.97. The Hall–Kier alpha value is -3.52. The summed E-state index contributed by atoms with van der Waals surface area (Å²) in [5, 5.41) is 15.7. The molecule has 0 radical (unpaired) electrons. The molecule has 0 fully saturated rings. The maximum Gasteiger partial charge on any atom is 0.319 e. The second-order valence-electron chi connectivity index (χ2n) is 7.93. The largest absolute Gasteiger partial charge is 0.394 e. The highest BCUT2D eigenvalue weighted by atomic mass is 19.1. The third kappa shape index (κ3) is 4.20. The van der Waals surface area contributed by atoms with Gasteiger partial charge in [0.2, 0.25) is 5.95 Å². The van der Waals surface area contributed by atoms with Crippen molar-refractivity contribution < 1.29 is 14.3 Å². The number of nitrogens with zero attached hydrogens (tertiary/aromatic N) is 3. The molecule has 2 amide bonds. The van der Waals surface area contributed by atoms with Crippen molar-refractivity contribution in [2.24, 2.45) is 0 Å². The van der Waals surface area contributed by atoms with Crippen molar-refractivity contribution in [3.05, 3.63) is 83.4 Å². The summed E-state index contributed by atoms with van der Waals surface area (Å²) in [7, 11) is 0. The van der Waals surface area contributed by atoms with Gasteiger partial charge in [-0.3, -0.25) is 0 Å². The van der Waals surface area contributed by atoms with Crippen molar-refractivity contribution in [2.75, 3.05) is 11.9 Å². The maximum atomic E-state index is 13.1. The van der Waals surface area contributed by atoms with Gasteiger partial charge in [0.05, 0.1) is 30.4 Å². The summed E-state index contributed by atoms with van der Waals surface area (Å²) in [5.41, 5.74) is 2.47. The molecule has 4 rings (SSSR count). The van der Waals surface area contributed by atoms with Gasteiger partial charge >= 0.3 is 6.03 Å². The lowest BCUT2D eigenvalue weighted by Crippen LogP contribution is -2.47. The topological polar surface area (TPSA) is 90.4 Å². The Morgan fingerprint density at radius 1 is 1.19 bits per heavy atom. The average molecular weight is 421 g/mol. The number of aliphatic hydroxyl groups is 1. The number of aliphatic hydroxyl groups excluding tert-OH is 1. The molecule has 0 aliphatic carbocycles. The van der Waals surface area contributed by atoms with Crippen LogP contribution in [-0.2, 0) is 12.1 Å². The van der Waals surface area contributed by atoms with E-state index >= 15 is 0 Å². The van der Waals surface area contributed by atoms with Crippen LogP contribution in [-0.4, -0.2) is 32.6 Å². The van der Waals surface area contributed by atoms with Crippen molar-refractivity contribution in [3.8, 4) is 0 Å². The zero-order valence-electron chi connectivity index (χ0n) is 17.3. The fraction of sp³-hybridized carbons (Fsp3) is 0.261. The van der Waals surface area contributed by atoms with Crippen LogP contribution in [0.2, 0.25) is 0 Å². The van der Waals surface area contributed by atoms with Crippen molar-refractivity contribution in [2.45, 2.75) is 32.0 Å². The number of hydrogen-bond acceptors (Lipinski definition) is 5. The van der Waals surface area contributed by atoms with Gasteiger partial charge in [-0.1, -0.05) is 30.3 Å². The number of anilines is 2. The van der Waals surface area contributed by atoms with Crippen LogP contribution < -0.4 is 10.6 Å². The van der Waals surface area contributed by atoms with E-state index in [1.807, 2.05) is 44.2 Å². The number of halogens is 1. The molecule has 31 heavy (non-hydrogen) atoms. The summed E-state index contributed by atoms with van der Waals surface area (Å²) < 4.78 is 13.1. The molecule has 8 heteroatoms. The summed E-state index contributed by atoms with van der Waals surface area (Å²) in [6, 6.07) is 14.5. The van der Waals surface area contributed by atoms with Crippen LogP contribution in [0.4, 0.5) is 20.8 Å². The number of fused-ring (bicyclic) bond motifs is 1. The van der Waals surface area contributed by atoms with Crippen LogP contribution in [0, 0.1) is 5.82 Å². The molecule has 7 nitrogen and oxygen atoms in total. The van der Waals surface area contributed by atoms with E-state index in [0.717, 1.165) is 16.8 Å². The maximum absolute atomic E-state index is 13.1. The first-order chi connectivity index (χ1) is 14.9. The zero-order valence-corrected chi connectivity index (χ0v) is 17.3. The molecular weight excluding hydrogens is 397 g/mol. The number of carbonyl (C=O) groups excluding carboxylic acids is 1. The molecule has 3 N–H and O–H groups in total. The Morgan fingerprint density at radius 2 is 1.90 bits per heavy atom. The second-order valence-corrected chi connectivity index (χ2v) is 7.93. The third-order valence-corrected chi connectivity index (χ3v) is 5.54. The number of urea groups is 1. The van der Waals surface area contributed by atoms with E-state index in [2.05, 4.69) is 20.6 Å². The molecule has 1 aliphatic rings. The van der Waals surface area contributed by atoms with Crippen molar-refractivity contribution in [1.82, 2.24) is 20.2 Å². The van der Waals surface area contributed by atoms with Crippen LogP contribution in [0.3, 0.4) is 0 Å². The first-order valence-corrected chi connectivity index (χ1v) is 10.0. The molecule has 0 saturated carbocycles. The smallest absolute Gasteiger partial charge is 0.319 e. The molecule has 1 unspecified atom stereocenters. The molecule has 2 heterocycles. The summed E-state index contributed by atoms with van der Waals surface area (Å²) in [4.78, 5) is 23.7. The standard InChI is InChI=1S/C23H24FN5O2/c1-23(2)18-12-25-21(26-17-10-8-16(24)9-11-17)27-19(18)13-29(23)22(31)28-20(14-30)15-6-4-3-5-7-15/h3-12,20,30H,13-14H2,1-2H3,(H,28,31)(H,25,26,27). The molecule has 1 aliphatic heterocycles. The van der Waals surface area contributed by atoms with E-state index in [4.69, 9.17) is 0 Å². The number of hydrogen-bond donors (Lipinski definition) is 3. The van der Waals surface area contributed by atoms with Gasteiger partial charge in [-0.2, -0.15) is 0 Å². The van der Waals surface area contributed by atoms with E-state index in [1.54, 1.807) is 23.2 Å². The number of benzene rings is 2. The molecule has 1 atom stereocenters. The van der Waals surface area contributed by atoms with Gasteiger partial charge < -0.3 is 20.6 Å². The minimum absolute atomic E-state index is 0.206. The SMILES string of the molecule is CC1(C)c2cnc(Nc3ccc(F)cc3)nc2CN1C(=O)NC(CO)c1ccccc1. The lowest BCUT2D eigenvalue weighted by Gasteiger charge is -2.33. The Balaban J connectivity index is 1.52. The van der Waals surface area contributed by atoms with E-state index in [9.17, 15) is 14.3 Å².